The molecule has 1 amide bonds. The SMILES string of the molecule is NC(=O)C(O)CNCc1sccc1N. The molecule has 0 aliphatic carbocycles. The Balaban J connectivity index is 2.29. The average Bonchev–Trinajstić information content (AvgIpc) is 2.51. The minimum Gasteiger partial charge on any atom is -0.398 e. The van der Waals surface area contributed by atoms with Gasteiger partial charge >= 0.3 is 0 Å². The molecule has 0 aliphatic rings. The molecule has 1 atom stereocenters. The van der Waals surface area contributed by atoms with E-state index >= 15 is 0 Å². The standard InChI is InChI=1S/C8H13N3O2S/c9-5-1-2-14-7(5)4-11-3-6(12)8(10)13/h1-2,6,11-12H,3-4,9H2,(H2,10,13). The van der Waals surface area contributed by atoms with E-state index in [0.29, 0.717) is 6.54 Å². The molecule has 0 aliphatic heterocycles. The van der Waals surface area contributed by atoms with Crippen molar-refractivity contribution in [3.63, 3.8) is 0 Å². The van der Waals surface area contributed by atoms with Crippen LogP contribution in [-0.4, -0.2) is 23.7 Å². The van der Waals surface area contributed by atoms with Crippen molar-refractivity contribution in [1.29, 1.82) is 0 Å². The first kappa shape index (κ1) is 11.0. The summed E-state index contributed by atoms with van der Waals surface area (Å²) in [5.41, 5.74) is 11.2. The number of carbonyl (C=O) groups excluding carboxylic acids is 1. The molecule has 1 aromatic heterocycles. The third-order valence-electron chi connectivity index (χ3n) is 1.73. The molecule has 0 saturated carbocycles. The lowest BCUT2D eigenvalue weighted by Gasteiger charge is -2.07. The van der Waals surface area contributed by atoms with Gasteiger partial charge in [-0.15, -0.1) is 11.3 Å². The van der Waals surface area contributed by atoms with Crippen molar-refractivity contribution in [3.8, 4) is 0 Å². The lowest BCUT2D eigenvalue weighted by atomic mass is 10.3. The molecular formula is C8H13N3O2S. The Bertz CT molecular complexity index is 313. The Morgan fingerprint density at radius 2 is 2.43 bits per heavy atom. The van der Waals surface area contributed by atoms with Crippen LogP contribution in [0.15, 0.2) is 11.4 Å². The Morgan fingerprint density at radius 1 is 1.71 bits per heavy atom. The number of amides is 1. The number of nitrogens with two attached hydrogens (primary N) is 2. The molecule has 0 spiro atoms. The van der Waals surface area contributed by atoms with E-state index < -0.39 is 12.0 Å². The highest BCUT2D eigenvalue weighted by atomic mass is 32.1. The molecule has 6 heteroatoms. The summed E-state index contributed by atoms with van der Waals surface area (Å²) in [7, 11) is 0. The Labute approximate surface area is 85.7 Å². The van der Waals surface area contributed by atoms with Crippen LogP contribution in [0.25, 0.3) is 0 Å². The summed E-state index contributed by atoms with van der Waals surface area (Å²) >= 11 is 1.52. The summed E-state index contributed by atoms with van der Waals surface area (Å²) in [6, 6.07) is 1.81. The lowest BCUT2D eigenvalue weighted by molar-refractivity contribution is -0.125. The number of hydrogen-bond donors (Lipinski definition) is 4. The minimum atomic E-state index is -1.14. The first-order valence-electron chi connectivity index (χ1n) is 4.11. The highest BCUT2D eigenvalue weighted by molar-refractivity contribution is 7.10. The summed E-state index contributed by atoms with van der Waals surface area (Å²) in [5.74, 6) is -0.725. The number of thiophene rings is 1. The van der Waals surface area contributed by atoms with Crippen LogP contribution in [-0.2, 0) is 11.3 Å². The van der Waals surface area contributed by atoms with Gasteiger partial charge in [0, 0.05) is 23.7 Å². The zero-order valence-corrected chi connectivity index (χ0v) is 8.38. The van der Waals surface area contributed by atoms with E-state index in [9.17, 15) is 4.79 Å². The predicted octanol–water partition coefficient (Wildman–Crippen LogP) is -0.734. The quantitative estimate of drug-likeness (QED) is 0.520. The Morgan fingerprint density at radius 3 is 2.93 bits per heavy atom. The van der Waals surface area contributed by atoms with E-state index in [1.165, 1.54) is 11.3 Å². The first-order valence-corrected chi connectivity index (χ1v) is 4.99. The maximum absolute atomic E-state index is 10.5. The van der Waals surface area contributed by atoms with Crippen LogP contribution in [0, 0.1) is 0 Å². The maximum Gasteiger partial charge on any atom is 0.247 e. The van der Waals surface area contributed by atoms with Crippen LogP contribution in [0.2, 0.25) is 0 Å². The molecule has 6 N–H and O–H groups in total. The monoisotopic (exact) mass is 215 g/mol. The summed E-state index contributed by atoms with van der Waals surface area (Å²) in [6.07, 6.45) is -1.14. The smallest absolute Gasteiger partial charge is 0.247 e. The molecule has 1 aromatic rings. The number of anilines is 1. The highest BCUT2D eigenvalue weighted by Crippen LogP contribution is 2.17. The minimum absolute atomic E-state index is 0.146. The topological polar surface area (TPSA) is 101 Å². The van der Waals surface area contributed by atoms with Gasteiger partial charge in [0.1, 0.15) is 6.10 Å². The highest BCUT2D eigenvalue weighted by Gasteiger charge is 2.09. The van der Waals surface area contributed by atoms with Crippen LogP contribution < -0.4 is 16.8 Å². The van der Waals surface area contributed by atoms with Gasteiger partial charge < -0.3 is 21.9 Å². The second kappa shape index (κ2) is 4.94. The third kappa shape index (κ3) is 2.99. The lowest BCUT2D eigenvalue weighted by Crippen LogP contribution is -2.37. The first-order chi connectivity index (χ1) is 6.61. The fourth-order valence-corrected chi connectivity index (χ4v) is 1.69. The summed E-state index contributed by atoms with van der Waals surface area (Å²) in [5, 5.41) is 13.8. The number of aliphatic hydroxyl groups is 1. The second-order valence-corrected chi connectivity index (χ2v) is 3.85. The van der Waals surface area contributed by atoms with Crippen molar-refractivity contribution in [2.75, 3.05) is 12.3 Å². The van der Waals surface area contributed by atoms with Crippen molar-refractivity contribution >= 4 is 22.9 Å². The zero-order valence-electron chi connectivity index (χ0n) is 7.56. The van der Waals surface area contributed by atoms with Gasteiger partial charge in [-0.05, 0) is 11.4 Å². The molecule has 78 valence electrons. The van der Waals surface area contributed by atoms with Crippen LogP contribution >= 0.6 is 11.3 Å². The zero-order chi connectivity index (χ0) is 10.6. The molecule has 0 aromatic carbocycles. The fourth-order valence-electron chi connectivity index (χ4n) is 0.917. The van der Waals surface area contributed by atoms with Crippen LogP contribution in [0.4, 0.5) is 5.69 Å². The molecule has 0 fully saturated rings. The van der Waals surface area contributed by atoms with E-state index in [1.807, 2.05) is 11.4 Å². The van der Waals surface area contributed by atoms with Crippen molar-refractivity contribution in [1.82, 2.24) is 5.32 Å². The van der Waals surface area contributed by atoms with Gasteiger partial charge in [0.25, 0.3) is 0 Å². The number of rotatable bonds is 5. The van der Waals surface area contributed by atoms with Crippen LogP contribution in [0.3, 0.4) is 0 Å². The van der Waals surface area contributed by atoms with Gasteiger partial charge in [0.05, 0.1) is 0 Å². The largest absolute Gasteiger partial charge is 0.398 e. The summed E-state index contributed by atoms with van der Waals surface area (Å²) in [6.45, 7) is 0.681. The maximum atomic E-state index is 10.5. The average molecular weight is 215 g/mol. The Kier molecular flexibility index (Phi) is 3.87. The van der Waals surface area contributed by atoms with E-state index in [4.69, 9.17) is 16.6 Å². The molecule has 5 nitrogen and oxygen atoms in total. The van der Waals surface area contributed by atoms with Crippen molar-refractivity contribution in [2.45, 2.75) is 12.6 Å². The molecule has 0 radical (unpaired) electrons. The normalized spacial score (nSPS) is 12.6. The van der Waals surface area contributed by atoms with E-state index in [-0.39, 0.29) is 6.54 Å². The number of primary amides is 1. The number of hydrogen-bond acceptors (Lipinski definition) is 5. The van der Waals surface area contributed by atoms with Gasteiger partial charge in [0.15, 0.2) is 0 Å². The number of carbonyl (C=O) groups is 1. The predicted molar refractivity (Wildman–Crippen MR) is 55.6 cm³/mol. The van der Waals surface area contributed by atoms with Crippen molar-refractivity contribution in [2.24, 2.45) is 5.73 Å². The van der Waals surface area contributed by atoms with E-state index in [1.54, 1.807) is 0 Å². The summed E-state index contributed by atoms with van der Waals surface area (Å²) < 4.78 is 0. The van der Waals surface area contributed by atoms with Crippen LogP contribution in [0.5, 0.6) is 0 Å². The molecule has 1 rings (SSSR count). The van der Waals surface area contributed by atoms with Crippen molar-refractivity contribution in [3.05, 3.63) is 16.3 Å². The summed E-state index contributed by atoms with van der Waals surface area (Å²) in [4.78, 5) is 11.5. The molecule has 1 heterocycles. The van der Waals surface area contributed by atoms with Crippen molar-refractivity contribution < 1.29 is 9.90 Å². The molecule has 14 heavy (non-hydrogen) atoms. The van der Waals surface area contributed by atoms with Gasteiger partial charge in [-0.1, -0.05) is 0 Å². The number of nitrogen functional groups attached to an aromatic ring is 1. The molecule has 0 saturated heterocycles. The van der Waals surface area contributed by atoms with E-state index in [0.717, 1.165) is 10.6 Å². The molecular weight excluding hydrogens is 202 g/mol. The van der Waals surface area contributed by atoms with Crippen LogP contribution in [0.1, 0.15) is 4.88 Å². The fraction of sp³-hybridized carbons (Fsp3) is 0.375. The van der Waals surface area contributed by atoms with Gasteiger partial charge in [-0.3, -0.25) is 4.79 Å². The van der Waals surface area contributed by atoms with Gasteiger partial charge in [-0.2, -0.15) is 0 Å². The van der Waals surface area contributed by atoms with Gasteiger partial charge in [0.2, 0.25) is 5.91 Å². The molecule has 0 bridgehead atoms. The number of aliphatic hydroxyl groups excluding tert-OH is 1. The number of nitrogens with one attached hydrogen (secondary N) is 1. The van der Waals surface area contributed by atoms with E-state index in [2.05, 4.69) is 5.32 Å². The van der Waals surface area contributed by atoms with Gasteiger partial charge in [-0.25, -0.2) is 0 Å². The third-order valence-corrected chi connectivity index (χ3v) is 2.67. The second-order valence-electron chi connectivity index (χ2n) is 2.85. The molecule has 1 unspecified atom stereocenters. The Hall–Kier alpha value is -1.11.